The average molecular weight is 190 g/mol. The minimum atomic E-state index is 0.359. The molecule has 3 unspecified atom stereocenters. The first kappa shape index (κ1) is 8.24. The van der Waals surface area contributed by atoms with Crippen LogP contribution in [-0.2, 0) is 0 Å². The third kappa shape index (κ3) is 1.38. The third-order valence-corrected chi connectivity index (χ3v) is 3.16. The van der Waals surface area contributed by atoms with Gasteiger partial charge in [0.15, 0.2) is 0 Å². The standard InChI is InChI=1S/C11H14N2O/c1-2-9(7-12-5-1)14-11-6-8-3-4-10(11)13-8/h1-2,5,7-8,10-11,13H,3-4,6H2. The van der Waals surface area contributed by atoms with Crippen LogP contribution in [0.3, 0.4) is 0 Å². The molecule has 1 aromatic rings. The highest BCUT2D eigenvalue weighted by atomic mass is 16.5. The van der Waals surface area contributed by atoms with Crippen LogP contribution < -0.4 is 10.1 Å². The van der Waals surface area contributed by atoms with Crippen molar-refractivity contribution in [3.63, 3.8) is 0 Å². The van der Waals surface area contributed by atoms with Gasteiger partial charge in [0.25, 0.3) is 0 Å². The Labute approximate surface area is 83.5 Å². The second kappa shape index (κ2) is 3.24. The molecule has 1 aromatic heterocycles. The summed E-state index contributed by atoms with van der Waals surface area (Å²) < 4.78 is 5.88. The van der Waals surface area contributed by atoms with Crippen LogP contribution in [0.25, 0.3) is 0 Å². The van der Waals surface area contributed by atoms with Gasteiger partial charge in [0.1, 0.15) is 11.9 Å². The number of hydrogen-bond donors (Lipinski definition) is 1. The molecule has 1 N–H and O–H groups in total. The van der Waals surface area contributed by atoms with Crippen molar-refractivity contribution in [2.45, 2.75) is 37.5 Å². The fourth-order valence-corrected chi connectivity index (χ4v) is 2.50. The molecule has 3 heterocycles. The molecule has 0 radical (unpaired) electrons. The number of aromatic nitrogens is 1. The van der Waals surface area contributed by atoms with E-state index in [1.165, 1.54) is 12.8 Å². The van der Waals surface area contributed by atoms with Crippen LogP contribution >= 0.6 is 0 Å². The molecule has 3 heteroatoms. The molecule has 0 aromatic carbocycles. The molecule has 0 aliphatic carbocycles. The summed E-state index contributed by atoms with van der Waals surface area (Å²) in [5, 5.41) is 3.55. The minimum absolute atomic E-state index is 0.359. The van der Waals surface area contributed by atoms with E-state index in [9.17, 15) is 0 Å². The van der Waals surface area contributed by atoms with E-state index in [-0.39, 0.29) is 0 Å². The Kier molecular flexibility index (Phi) is 1.91. The first-order chi connectivity index (χ1) is 6.92. The third-order valence-electron chi connectivity index (χ3n) is 3.16. The monoisotopic (exact) mass is 190 g/mol. The zero-order chi connectivity index (χ0) is 9.38. The van der Waals surface area contributed by atoms with E-state index in [2.05, 4.69) is 10.3 Å². The molecule has 0 amide bonds. The van der Waals surface area contributed by atoms with Crippen molar-refractivity contribution in [2.75, 3.05) is 0 Å². The van der Waals surface area contributed by atoms with Crippen LogP contribution in [0.15, 0.2) is 24.5 Å². The number of nitrogens with zero attached hydrogens (tertiary/aromatic N) is 1. The van der Waals surface area contributed by atoms with E-state index in [1.54, 1.807) is 12.4 Å². The van der Waals surface area contributed by atoms with Crippen molar-refractivity contribution in [1.29, 1.82) is 0 Å². The number of pyridine rings is 1. The van der Waals surface area contributed by atoms with Crippen molar-refractivity contribution in [2.24, 2.45) is 0 Å². The Morgan fingerprint density at radius 1 is 1.43 bits per heavy atom. The number of nitrogens with one attached hydrogen (secondary N) is 1. The molecule has 74 valence electrons. The van der Waals surface area contributed by atoms with Gasteiger partial charge in [-0.1, -0.05) is 0 Å². The van der Waals surface area contributed by atoms with E-state index in [4.69, 9.17) is 4.74 Å². The van der Waals surface area contributed by atoms with Gasteiger partial charge in [-0.3, -0.25) is 4.98 Å². The minimum Gasteiger partial charge on any atom is -0.487 e. The number of rotatable bonds is 2. The molecule has 2 aliphatic heterocycles. The summed E-state index contributed by atoms with van der Waals surface area (Å²) in [6.07, 6.45) is 7.64. The molecule has 0 saturated carbocycles. The summed E-state index contributed by atoms with van der Waals surface area (Å²) >= 11 is 0. The molecule has 2 bridgehead atoms. The Bertz CT molecular complexity index is 314. The summed E-state index contributed by atoms with van der Waals surface area (Å²) in [4.78, 5) is 4.04. The molecule has 2 aliphatic rings. The smallest absolute Gasteiger partial charge is 0.138 e. The van der Waals surface area contributed by atoms with Crippen molar-refractivity contribution < 1.29 is 4.74 Å². The lowest BCUT2D eigenvalue weighted by molar-refractivity contribution is 0.170. The van der Waals surface area contributed by atoms with E-state index in [0.717, 1.165) is 12.2 Å². The molecular weight excluding hydrogens is 176 g/mol. The van der Waals surface area contributed by atoms with Crippen LogP contribution in [0.4, 0.5) is 0 Å². The Balaban J connectivity index is 1.69. The second-order valence-corrected chi connectivity index (χ2v) is 4.13. The van der Waals surface area contributed by atoms with Crippen molar-refractivity contribution in [3.05, 3.63) is 24.5 Å². The van der Waals surface area contributed by atoms with Crippen LogP contribution in [0.1, 0.15) is 19.3 Å². The maximum Gasteiger partial charge on any atom is 0.138 e. The molecule has 2 fully saturated rings. The van der Waals surface area contributed by atoms with Gasteiger partial charge in [-0.05, 0) is 25.0 Å². The van der Waals surface area contributed by atoms with Gasteiger partial charge in [-0.15, -0.1) is 0 Å². The highest BCUT2D eigenvalue weighted by Gasteiger charge is 2.40. The first-order valence-electron chi connectivity index (χ1n) is 5.24. The molecule has 3 atom stereocenters. The fraction of sp³-hybridized carbons (Fsp3) is 0.545. The van der Waals surface area contributed by atoms with Gasteiger partial charge in [0, 0.05) is 24.7 Å². The quantitative estimate of drug-likeness (QED) is 0.764. The first-order valence-corrected chi connectivity index (χ1v) is 5.24. The lowest BCUT2D eigenvalue weighted by atomic mass is 9.98. The SMILES string of the molecule is c1cncc(OC2CC3CCC2N3)c1. The maximum atomic E-state index is 5.88. The van der Waals surface area contributed by atoms with Gasteiger partial charge in [0.2, 0.25) is 0 Å². The fourth-order valence-electron chi connectivity index (χ4n) is 2.50. The van der Waals surface area contributed by atoms with E-state index in [1.807, 2.05) is 12.1 Å². The normalized spacial score (nSPS) is 34.7. The van der Waals surface area contributed by atoms with Gasteiger partial charge < -0.3 is 10.1 Å². The Hall–Kier alpha value is -1.09. The average Bonchev–Trinajstić information content (AvgIpc) is 2.81. The van der Waals surface area contributed by atoms with Crippen LogP contribution in [0.5, 0.6) is 5.75 Å². The molecule has 3 rings (SSSR count). The Morgan fingerprint density at radius 2 is 2.43 bits per heavy atom. The lowest BCUT2D eigenvalue weighted by Crippen LogP contribution is -2.31. The van der Waals surface area contributed by atoms with E-state index < -0.39 is 0 Å². The number of fused-ring (bicyclic) bond motifs is 2. The van der Waals surface area contributed by atoms with Crippen molar-refractivity contribution in [3.8, 4) is 5.75 Å². The summed E-state index contributed by atoms with van der Waals surface area (Å²) in [6, 6.07) is 5.15. The molecule has 3 nitrogen and oxygen atoms in total. The molecule has 0 spiro atoms. The highest BCUT2D eigenvalue weighted by molar-refractivity contribution is 5.17. The predicted octanol–water partition coefficient (Wildman–Crippen LogP) is 1.35. The van der Waals surface area contributed by atoms with E-state index >= 15 is 0 Å². The van der Waals surface area contributed by atoms with Crippen LogP contribution in [0, 0.1) is 0 Å². The summed E-state index contributed by atoms with van der Waals surface area (Å²) in [5.74, 6) is 0.895. The van der Waals surface area contributed by atoms with Gasteiger partial charge in [0.05, 0.1) is 6.20 Å². The molecule has 2 saturated heterocycles. The van der Waals surface area contributed by atoms with Crippen LogP contribution in [-0.4, -0.2) is 23.2 Å². The number of hydrogen-bond acceptors (Lipinski definition) is 3. The molecule has 14 heavy (non-hydrogen) atoms. The summed E-state index contributed by atoms with van der Waals surface area (Å²) in [5.41, 5.74) is 0. The van der Waals surface area contributed by atoms with Gasteiger partial charge in [-0.2, -0.15) is 0 Å². The topological polar surface area (TPSA) is 34.1 Å². The summed E-state index contributed by atoms with van der Waals surface area (Å²) in [6.45, 7) is 0. The van der Waals surface area contributed by atoms with Crippen molar-refractivity contribution in [1.82, 2.24) is 10.3 Å². The molecular formula is C11H14N2O. The predicted molar refractivity (Wildman–Crippen MR) is 53.2 cm³/mol. The largest absolute Gasteiger partial charge is 0.487 e. The highest BCUT2D eigenvalue weighted by Crippen LogP contribution is 2.30. The van der Waals surface area contributed by atoms with E-state index in [0.29, 0.717) is 18.2 Å². The van der Waals surface area contributed by atoms with Gasteiger partial charge >= 0.3 is 0 Å². The van der Waals surface area contributed by atoms with Gasteiger partial charge in [-0.25, -0.2) is 0 Å². The second-order valence-electron chi connectivity index (χ2n) is 4.13. The summed E-state index contributed by atoms with van der Waals surface area (Å²) in [7, 11) is 0. The Morgan fingerprint density at radius 3 is 3.07 bits per heavy atom. The van der Waals surface area contributed by atoms with Crippen LogP contribution in [0.2, 0.25) is 0 Å². The zero-order valence-corrected chi connectivity index (χ0v) is 8.02. The zero-order valence-electron chi connectivity index (χ0n) is 8.02. The van der Waals surface area contributed by atoms with Crippen molar-refractivity contribution >= 4 is 0 Å². The number of ether oxygens (including phenoxy) is 1. The maximum absolute atomic E-state index is 5.88. The lowest BCUT2D eigenvalue weighted by Gasteiger charge is -2.21.